The van der Waals surface area contributed by atoms with E-state index in [1.165, 1.54) is 37.7 Å². The highest BCUT2D eigenvalue weighted by Gasteiger charge is 2.21. The highest BCUT2D eigenvalue weighted by Crippen LogP contribution is 2.40. The molecule has 60 heavy (non-hydrogen) atoms. The van der Waals surface area contributed by atoms with Crippen molar-refractivity contribution in [2.45, 2.75) is 0 Å². The summed E-state index contributed by atoms with van der Waals surface area (Å²) in [7, 11) is 0. The van der Waals surface area contributed by atoms with Crippen LogP contribution in [0.1, 0.15) is 0 Å². The average molecular weight is 765 g/mol. The van der Waals surface area contributed by atoms with E-state index in [1.807, 2.05) is 6.07 Å². The Morgan fingerprint density at radius 3 is 1.67 bits per heavy atom. The van der Waals surface area contributed by atoms with Gasteiger partial charge in [0.1, 0.15) is 11.2 Å². The third-order valence-electron chi connectivity index (χ3n) is 12.1. The standard InChI is InChI=1S/C55H32N4O/c1-2-12-35-26-41(21-20-33(35)10-1)36-17-9-18-42(27-36)53-56-54(43-23-25-50-45(30-43)46-28-37-13-4-6-16-40(37)32-51(46)60-50)58-55(57-53)59-48-24-22-34-11-7-8-19-44(34)52(48)47-29-38-14-3-5-15-39(38)31-49(47)59/h1-32H. The van der Waals surface area contributed by atoms with E-state index < -0.39 is 0 Å². The van der Waals surface area contributed by atoms with Crippen LogP contribution < -0.4 is 0 Å². The second kappa shape index (κ2) is 12.7. The number of benzene rings is 10. The molecule has 0 fully saturated rings. The number of fused-ring (bicyclic) bond motifs is 11. The first-order valence-corrected chi connectivity index (χ1v) is 20.2. The minimum atomic E-state index is 0.555. The largest absolute Gasteiger partial charge is 0.456 e. The molecular weight excluding hydrogens is 733 g/mol. The van der Waals surface area contributed by atoms with E-state index in [0.29, 0.717) is 17.6 Å². The quantitative estimate of drug-likeness (QED) is 0.179. The van der Waals surface area contributed by atoms with Crippen molar-refractivity contribution in [3.05, 3.63) is 194 Å². The van der Waals surface area contributed by atoms with Gasteiger partial charge in [-0.25, -0.2) is 4.98 Å². The summed E-state index contributed by atoms with van der Waals surface area (Å²) in [6, 6.07) is 68.8. The molecule has 10 aromatic carbocycles. The van der Waals surface area contributed by atoms with E-state index in [0.717, 1.165) is 71.4 Å². The monoisotopic (exact) mass is 764 g/mol. The topological polar surface area (TPSA) is 56.7 Å². The molecule has 0 saturated carbocycles. The molecule has 0 saturated heterocycles. The van der Waals surface area contributed by atoms with Gasteiger partial charge in [0.15, 0.2) is 11.6 Å². The number of aromatic nitrogens is 4. The summed E-state index contributed by atoms with van der Waals surface area (Å²) in [5.74, 6) is 1.73. The Bertz CT molecular complexity index is 3910. The minimum Gasteiger partial charge on any atom is -0.456 e. The Kier molecular flexibility index (Phi) is 6.95. The Labute approximate surface area is 343 Å². The number of furan rings is 1. The van der Waals surface area contributed by atoms with Gasteiger partial charge >= 0.3 is 0 Å². The molecule has 5 nitrogen and oxygen atoms in total. The van der Waals surface area contributed by atoms with Crippen LogP contribution in [0.25, 0.3) is 127 Å². The first-order valence-electron chi connectivity index (χ1n) is 20.2. The lowest BCUT2D eigenvalue weighted by Gasteiger charge is -2.12. The Hall–Kier alpha value is -8.15. The van der Waals surface area contributed by atoms with Crippen LogP contribution in [-0.2, 0) is 0 Å². The van der Waals surface area contributed by atoms with Crippen molar-refractivity contribution in [3.63, 3.8) is 0 Å². The Morgan fingerprint density at radius 2 is 0.883 bits per heavy atom. The van der Waals surface area contributed by atoms with Crippen molar-refractivity contribution in [1.29, 1.82) is 0 Å². The fourth-order valence-corrected chi connectivity index (χ4v) is 9.22. The number of hydrogen-bond donors (Lipinski definition) is 0. The summed E-state index contributed by atoms with van der Waals surface area (Å²) in [5, 5.41) is 13.9. The van der Waals surface area contributed by atoms with Gasteiger partial charge in [-0.1, -0.05) is 133 Å². The van der Waals surface area contributed by atoms with E-state index >= 15 is 0 Å². The molecule has 0 amide bonds. The van der Waals surface area contributed by atoms with Crippen molar-refractivity contribution < 1.29 is 4.42 Å². The highest BCUT2D eigenvalue weighted by atomic mass is 16.3. The highest BCUT2D eigenvalue weighted by molar-refractivity contribution is 6.23. The zero-order chi connectivity index (χ0) is 39.3. The van der Waals surface area contributed by atoms with Gasteiger partial charge in [0.25, 0.3) is 0 Å². The van der Waals surface area contributed by atoms with E-state index in [2.05, 4.69) is 193 Å². The fraction of sp³-hybridized carbons (Fsp3) is 0. The first kappa shape index (κ1) is 32.9. The molecule has 0 unspecified atom stereocenters. The first-order chi connectivity index (χ1) is 29.7. The summed E-state index contributed by atoms with van der Waals surface area (Å²) in [5.41, 5.74) is 7.77. The van der Waals surface area contributed by atoms with Crippen LogP contribution in [0, 0.1) is 0 Å². The Balaban J connectivity index is 1.08. The van der Waals surface area contributed by atoms with Crippen molar-refractivity contribution in [2.24, 2.45) is 0 Å². The zero-order valence-electron chi connectivity index (χ0n) is 32.2. The fourth-order valence-electron chi connectivity index (χ4n) is 9.22. The van der Waals surface area contributed by atoms with E-state index in [9.17, 15) is 0 Å². The van der Waals surface area contributed by atoms with Gasteiger partial charge in [0.05, 0.1) is 11.0 Å². The van der Waals surface area contributed by atoms with Crippen LogP contribution in [0.5, 0.6) is 0 Å². The second-order valence-electron chi connectivity index (χ2n) is 15.7. The maximum absolute atomic E-state index is 6.42. The van der Waals surface area contributed by atoms with Crippen molar-refractivity contribution in [1.82, 2.24) is 19.5 Å². The SMILES string of the molecule is c1cc(-c2ccc3ccccc3c2)cc(-c2nc(-c3ccc4oc5cc6ccccc6cc5c4c3)nc(-n3c4cc5ccccc5cc4c4c5ccccc5ccc43)n2)c1. The third kappa shape index (κ3) is 5.09. The molecule has 3 aromatic heterocycles. The van der Waals surface area contributed by atoms with E-state index in [1.54, 1.807) is 0 Å². The maximum atomic E-state index is 6.42. The smallest absolute Gasteiger partial charge is 0.238 e. The van der Waals surface area contributed by atoms with Crippen LogP contribution >= 0.6 is 0 Å². The van der Waals surface area contributed by atoms with Gasteiger partial charge < -0.3 is 4.42 Å². The molecule has 13 aromatic rings. The Morgan fingerprint density at radius 1 is 0.317 bits per heavy atom. The molecule has 13 rings (SSSR count). The molecule has 0 bridgehead atoms. The molecule has 0 N–H and O–H groups in total. The van der Waals surface area contributed by atoms with Gasteiger partial charge in [0, 0.05) is 32.7 Å². The summed E-state index contributed by atoms with van der Waals surface area (Å²) in [4.78, 5) is 16.0. The second-order valence-corrected chi connectivity index (χ2v) is 15.7. The molecule has 0 atom stereocenters. The van der Waals surface area contributed by atoms with Crippen LogP contribution in [-0.4, -0.2) is 19.5 Å². The minimum absolute atomic E-state index is 0.555. The van der Waals surface area contributed by atoms with Gasteiger partial charge in [-0.15, -0.1) is 0 Å². The van der Waals surface area contributed by atoms with Crippen molar-refractivity contribution in [3.8, 4) is 39.9 Å². The molecule has 0 spiro atoms. The molecule has 278 valence electrons. The molecule has 0 radical (unpaired) electrons. The van der Waals surface area contributed by atoms with Crippen LogP contribution in [0.2, 0.25) is 0 Å². The van der Waals surface area contributed by atoms with E-state index in [-0.39, 0.29) is 0 Å². The summed E-state index contributed by atoms with van der Waals surface area (Å²) in [6.45, 7) is 0. The predicted octanol–water partition coefficient (Wildman–Crippen LogP) is 14.5. The van der Waals surface area contributed by atoms with Gasteiger partial charge in [-0.2, -0.15) is 9.97 Å². The molecule has 0 aliphatic rings. The summed E-state index contributed by atoms with van der Waals surface area (Å²) in [6.07, 6.45) is 0. The number of rotatable bonds is 4. The van der Waals surface area contributed by atoms with Crippen LogP contribution in [0.15, 0.2) is 199 Å². The van der Waals surface area contributed by atoms with Crippen molar-refractivity contribution in [2.75, 3.05) is 0 Å². The average Bonchev–Trinajstić information content (AvgIpc) is 3.83. The van der Waals surface area contributed by atoms with Crippen LogP contribution in [0.3, 0.4) is 0 Å². The molecule has 5 heteroatoms. The van der Waals surface area contributed by atoms with Crippen molar-refractivity contribution >= 4 is 86.8 Å². The number of nitrogens with zero attached hydrogens (tertiary/aromatic N) is 4. The van der Waals surface area contributed by atoms with Crippen LogP contribution in [0.4, 0.5) is 0 Å². The summed E-state index contributed by atoms with van der Waals surface area (Å²) < 4.78 is 8.64. The maximum Gasteiger partial charge on any atom is 0.238 e. The molecule has 0 aliphatic heterocycles. The van der Waals surface area contributed by atoms with Gasteiger partial charge in [-0.05, 0) is 115 Å². The lowest BCUT2D eigenvalue weighted by molar-refractivity contribution is 0.669. The normalized spacial score (nSPS) is 12.0. The molecule has 0 aliphatic carbocycles. The van der Waals surface area contributed by atoms with E-state index in [4.69, 9.17) is 19.4 Å². The summed E-state index contributed by atoms with van der Waals surface area (Å²) >= 11 is 0. The molecular formula is C55H32N4O. The molecule has 3 heterocycles. The third-order valence-corrected chi connectivity index (χ3v) is 12.1. The van der Waals surface area contributed by atoms with Gasteiger partial charge in [-0.3, -0.25) is 4.57 Å². The van der Waals surface area contributed by atoms with Gasteiger partial charge in [0.2, 0.25) is 5.95 Å². The number of hydrogen-bond acceptors (Lipinski definition) is 4. The predicted molar refractivity (Wildman–Crippen MR) is 248 cm³/mol. The zero-order valence-corrected chi connectivity index (χ0v) is 32.2. The lowest BCUT2D eigenvalue weighted by atomic mass is 9.99. The lowest BCUT2D eigenvalue weighted by Crippen LogP contribution is -2.06.